The molecule has 0 aromatic rings. The Bertz CT molecular complexity index is 204. The maximum absolute atomic E-state index is 10.5. The van der Waals surface area contributed by atoms with Crippen LogP contribution >= 0.6 is 0 Å². The predicted octanol–water partition coefficient (Wildman–Crippen LogP) is -0.566. The van der Waals surface area contributed by atoms with Crippen LogP contribution in [0.4, 0.5) is 0 Å². The fourth-order valence-corrected chi connectivity index (χ4v) is 0.892. The van der Waals surface area contributed by atoms with E-state index in [1.807, 2.05) is 0 Å². The Balaban J connectivity index is 3.85. The van der Waals surface area contributed by atoms with Gasteiger partial charge in [-0.15, -0.1) is 6.58 Å². The van der Waals surface area contributed by atoms with Crippen LogP contribution in [0.2, 0.25) is 0 Å². The second-order valence-electron chi connectivity index (χ2n) is 2.63. The quantitative estimate of drug-likeness (QED) is 0.522. The number of carboxylic acid groups (broad SMARTS) is 1. The zero-order valence-corrected chi connectivity index (χ0v) is 7.40. The van der Waals surface area contributed by atoms with Crippen LogP contribution in [0.1, 0.15) is 6.42 Å². The van der Waals surface area contributed by atoms with Gasteiger partial charge in [-0.1, -0.05) is 6.08 Å². The number of carbonyl (C=O) groups excluding carboxylic acids is 1. The van der Waals surface area contributed by atoms with Crippen LogP contribution in [0.3, 0.4) is 0 Å². The van der Waals surface area contributed by atoms with Gasteiger partial charge < -0.3 is 10.8 Å². The largest absolute Gasteiger partial charge is 0.481 e. The molecule has 74 valence electrons. The number of primary amides is 1. The summed E-state index contributed by atoms with van der Waals surface area (Å²) >= 11 is 0. The molecule has 1 amide bonds. The van der Waals surface area contributed by atoms with Gasteiger partial charge in [-0.05, 0) is 0 Å². The van der Waals surface area contributed by atoms with Crippen LogP contribution in [-0.4, -0.2) is 41.5 Å². The molecule has 0 aliphatic rings. The fraction of sp³-hybridized carbons (Fsp3) is 0.500. The zero-order valence-electron chi connectivity index (χ0n) is 7.40. The highest BCUT2D eigenvalue weighted by molar-refractivity contribution is 5.76. The maximum Gasteiger partial charge on any atom is 0.304 e. The lowest BCUT2D eigenvalue weighted by atomic mass is 10.3. The second-order valence-corrected chi connectivity index (χ2v) is 2.63. The lowest BCUT2D eigenvalue weighted by Gasteiger charge is -2.16. The van der Waals surface area contributed by atoms with E-state index in [1.165, 1.54) is 0 Å². The molecule has 0 heterocycles. The Labute approximate surface area is 76.8 Å². The number of aliphatic carboxylic acids is 1. The van der Waals surface area contributed by atoms with Gasteiger partial charge in [0.15, 0.2) is 0 Å². The molecule has 0 spiro atoms. The molecule has 0 rings (SSSR count). The summed E-state index contributed by atoms with van der Waals surface area (Å²) in [7, 11) is 0. The number of carboxylic acids is 1. The minimum absolute atomic E-state index is 0.00111. The third-order valence-electron chi connectivity index (χ3n) is 1.41. The van der Waals surface area contributed by atoms with Gasteiger partial charge in [0.05, 0.1) is 13.0 Å². The molecule has 0 bridgehead atoms. The monoisotopic (exact) mass is 186 g/mol. The fourth-order valence-electron chi connectivity index (χ4n) is 0.892. The SMILES string of the molecule is C=CCN(CCC(=O)O)CC(N)=O. The summed E-state index contributed by atoms with van der Waals surface area (Å²) in [6.07, 6.45) is 1.60. The number of nitrogens with zero attached hydrogens (tertiary/aromatic N) is 1. The van der Waals surface area contributed by atoms with Crippen molar-refractivity contribution in [3.63, 3.8) is 0 Å². The first-order valence-corrected chi connectivity index (χ1v) is 3.89. The first-order valence-electron chi connectivity index (χ1n) is 3.89. The van der Waals surface area contributed by atoms with Gasteiger partial charge in [-0.2, -0.15) is 0 Å². The second kappa shape index (κ2) is 6.19. The lowest BCUT2D eigenvalue weighted by Crippen LogP contribution is -2.35. The van der Waals surface area contributed by atoms with Gasteiger partial charge in [0.25, 0.3) is 0 Å². The summed E-state index contributed by atoms with van der Waals surface area (Å²) in [5, 5.41) is 8.40. The van der Waals surface area contributed by atoms with Crippen LogP contribution in [-0.2, 0) is 9.59 Å². The molecule has 0 radical (unpaired) electrons. The van der Waals surface area contributed by atoms with Crippen molar-refractivity contribution in [2.75, 3.05) is 19.6 Å². The molecular weight excluding hydrogens is 172 g/mol. The number of amides is 1. The number of hydrogen-bond donors (Lipinski definition) is 2. The Morgan fingerprint density at radius 1 is 1.54 bits per heavy atom. The van der Waals surface area contributed by atoms with Gasteiger partial charge in [0, 0.05) is 13.1 Å². The minimum Gasteiger partial charge on any atom is -0.481 e. The topological polar surface area (TPSA) is 83.6 Å². The minimum atomic E-state index is -0.890. The molecule has 3 N–H and O–H groups in total. The third kappa shape index (κ3) is 7.02. The standard InChI is InChI=1S/C8H14N2O3/c1-2-4-10(6-7(9)11)5-3-8(12)13/h2H,1,3-6H2,(H2,9,11)(H,12,13). The van der Waals surface area contributed by atoms with Crippen LogP contribution in [0, 0.1) is 0 Å². The van der Waals surface area contributed by atoms with Crippen LogP contribution in [0.5, 0.6) is 0 Å². The first-order chi connectivity index (χ1) is 6.06. The summed E-state index contributed by atoms with van der Waals surface area (Å²) < 4.78 is 0. The van der Waals surface area contributed by atoms with Crippen LogP contribution in [0.15, 0.2) is 12.7 Å². The lowest BCUT2D eigenvalue weighted by molar-refractivity contribution is -0.137. The summed E-state index contributed by atoms with van der Waals surface area (Å²) in [6, 6.07) is 0. The van der Waals surface area contributed by atoms with Gasteiger partial charge in [0.2, 0.25) is 5.91 Å². The highest BCUT2D eigenvalue weighted by Crippen LogP contribution is 1.91. The maximum atomic E-state index is 10.5. The van der Waals surface area contributed by atoms with Crippen molar-refractivity contribution in [3.05, 3.63) is 12.7 Å². The van der Waals surface area contributed by atoms with Crippen LogP contribution in [0.25, 0.3) is 0 Å². The summed E-state index contributed by atoms with van der Waals surface area (Å²) in [4.78, 5) is 22.4. The van der Waals surface area contributed by atoms with Gasteiger partial charge >= 0.3 is 5.97 Å². The van der Waals surface area contributed by atoms with E-state index in [4.69, 9.17) is 10.8 Å². The molecular formula is C8H14N2O3. The van der Waals surface area contributed by atoms with E-state index in [2.05, 4.69) is 6.58 Å². The average Bonchev–Trinajstić information content (AvgIpc) is 1.99. The predicted molar refractivity (Wildman–Crippen MR) is 48.1 cm³/mol. The third-order valence-corrected chi connectivity index (χ3v) is 1.41. The molecule has 0 saturated heterocycles. The average molecular weight is 186 g/mol. The van der Waals surface area contributed by atoms with E-state index >= 15 is 0 Å². The van der Waals surface area contributed by atoms with Gasteiger partial charge in [0.1, 0.15) is 0 Å². The molecule has 0 unspecified atom stereocenters. The van der Waals surface area contributed by atoms with Crippen molar-refractivity contribution in [2.24, 2.45) is 5.73 Å². The Hall–Kier alpha value is -1.36. The Morgan fingerprint density at radius 2 is 2.15 bits per heavy atom. The van der Waals surface area contributed by atoms with Crippen LogP contribution < -0.4 is 5.73 Å². The number of hydrogen-bond acceptors (Lipinski definition) is 3. The molecule has 5 nitrogen and oxygen atoms in total. The zero-order chi connectivity index (χ0) is 10.3. The van der Waals surface area contributed by atoms with E-state index in [-0.39, 0.29) is 13.0 Å². The van der Waals surface area contributed by atoms with E-state index in [9.17, 15) is 9.59 Å². The molecule has 0 aromatic carbocycles. The van der Waals surface area contributed by atoms with Gasteiger partial charge in [-0.25, -0.2) is 0 Å². The molecule has 0 aliphatic carbocycles. The van der Waals surface area contributed by atoms with Crippen molar-refractivity contribution in [2.45, 2.75) is 6.42 Å². The van der Waals surface area contributed by atoms with Crippen molar-refractivity contribution >= 4 is 11.9 Å². The highest BCUT2D eigenvalue weighted by Gasteiger charge is 2.07. The van der Waals surface area contributed by atoms with E-state index in [0.29, 0.717) is 13.1 Å². The smallest absolute Gasteiger partial charge is 0.304 e. The molecule has 0 fully saturated rings. The Morgan fingerprint density at radius 3 is 2.54 bits per heavy atom. The molecule has 0 saturated carbocycles. The van der Waals surface area contributed by atoms with Crippen molar-refractivity contribution in [1.29, 1.82) is 0 Å². The Kier molecular flexibility index (Phi) is 5.54. The summed E-state index contributed by atoms with van der Waals surface area (Å²) in [6.45, 7) is 4.34. The van der Waals surface area contributed by atoms with E-state index in [1.54, 1.807) is 11.0 Å². The molecule has 0 aromatic heterocycles. The molecule has 5 heteroatoms. The number of nitrogens with two attached hydrogens (primary N) is 1. The van der Waals surface area contributed by atoms with Crippen molar-refractivity contribution in [3.8, 4) is 0 Å². The van der Waals surface area contributed by atoms with Crippen molar-refractivity contribution in [1.82, 2.24) is 4.90 Å². The van der Waals surface area contributed by atoms with Gasteiger partial charge in [-0.3, -0.25) is 14.5 Å². The normalized spacial score (nSPS) is 9.92. The summed E-state index contributed by atoms with van der Waals surface area (Å²) in [5.74, 6) is -1.36. The summed E-state index contributed by atoms with van der Waals surface area (Å²) in [5.41, 5.74) is 4.97. The van der Waals surface area contributed by atoms with E-state index < -0.39 is 11.9 Å². The highest BCUT2D eigenvalue weighted by atomic mass is 16.4. The molecule has 0 atom stereocenters. The number of carbonyl (C=O) groups is 2. The number of rotatable bonds is 7. The van der Waals surface area contributed by atoms with E-state index in [0.717, 1.165) is 0 Å². The first kappa shape index (κ1) is 11.6. The molecule has 13 heavy (non-hydrogen) atoms. The van der Waals surface area contributed by atoms with Crippen molar-refractivity contribution < 1.29 is 14.7 Å². The molecule has 0 aliphatic heterocycles.